The van der Waals surface area contributed by atoms with Crippen LogP contribution in [-0.4, -0.2) is 43.0 Å². The van der Waals surface area contributed by atoms with Crippen molar-refractivity contribution in [3.8, 4) is 5.75 Å². The van der Waals surface area contributed by atoms with E-state index in [0.29, 0.717) is 43.3 Å². The summed E-state index contributed by atoms with van der Waals surface area (Å²) in [6, 6.07) is 22.1. The first kappa shape index (κ1) is 27.4. The summed E-state index contributed by atoms with van der Waals surface area (Å²) in [5, 5.41) is 6.57. The number of ether oxygens (including phenoxy) is 2. The molecule has 1 heterocycles. The molecule has 5 rings (SSSR count). The number of aromatic nitrogens is 1. The van der Waals surface area contributed by atoms with Crippen LogP contribution in [0.4, 0.5) is 5.69 Å². The fraction of sp³-hybridized carbons (Fsp3) is 0.344. The number of ketones is 1. The van der Waals surface area contributed by atoms with Gasteiger partial charge in [0.15, 0.2) is 11.4 Å². The molecule has 0 bridgehead atoms. The van der Waals surface area contributed by atoms with Crippen molar-refractivity contribution < 1.29 is 23.5 Å². The second-order valence-electron chi connectivity index (χ2n) is 10.1. The molecule has 208 valence electrons. The molecule has 4 aromatic rings. The smallest absolute Gasteiger partial charge is 0.328 e. The van der Waals surface area contributed by atoms with Crippen LogP contribution in [0, 0.1) is 5.92 Å². The predicted octanol–water partition coefficient (Wildman–Crippen LogP) is 5.57. The van der Waals surface area contributed by atoms with Crippen molar-refractivity contribution in [1.82, 2.24) is 10.3 Å². The summed E-state index contributed by atoms with van der Waals surface area (Å²) >= 11 is 0. The molecule has 1 aliphatic carbocycles. The van der Waals surface area contributed by atoms with Crippen LogP contribution in [0.1, 0.15) is 47.5 Å². The van der Waals surface area contributed by atoms with Gasteiger partial charge in [-0.3, -0.25) is 4.79 Å². The number of benzene rings is 3. The minimum Gasteiger partial charge on any atom is -0.492 e. The molecule has 0 aliphatic heterocycles. The summed E-state index contributed by atoms with van der Waals surface area (Å²) in [5.74, 6) is 1.21. The zero-order chi connectivity index (χ0) is 27.7. The van der Waals surface area contributed by atoms with Gasteiger partial charge >= 0.3 is 5.97 Å². The molecular weight excluding hydrogens is 506 g/mol. The van der Waals surface area contributed by atoms with Gasteiger partial charge in [0.2, 0.25) is 5.89 Å². The van der Waals surface area contributed by atoms with Gasteiger partial charge in [-0.05, 0) is 54.8 Å². The Bertz CT molecular complexity index is 1390. The lowest BCUT2D eigenvalue weighted by Crippen LogP contribution is -2.33. The van der Waals surface area contributed by atoms with E-state index in [0.717, 1.165) is 48.1 Å². The first-order valence-corrected chi connectivity index (χ1v) is 13.8. The number of esters is 1. The minimum absolute atomic E-state index is 0.0594. The maximum atomic E-state index is 13.1. The largest absolute Gasteiger partial charge is 0.492 e. The zero-order valence-corrected chi connectivity index (χ0v) is 22.7. The first-order valence-electron chi connectivity index (χ1n) is 13.8. The van der Waals surface area contributed by atoms with Crippen LogP contribution in [-0.2, 0) is 22.5 Å². The SMILES string of the molecule is COC(=O)C(Cc1ccc(OCCNCc2nc3ccccc3o2)cc1)Nc1ccccc1C(=O)C1CCCC1. The number of fused-ring (bicyclic) bond motifs is 1. The Labute approximate surface area is 234 Å². The number of Topliss-reactive ketones (excluding diaryl/α,β-unsaturated/α-hetero) is 1. The average molecular weight is 542 g/mol. The van der Waals surface area contributed by atoms with E-state index in [4.69, 9.17) is 13.9 Å². The molecule has 1 unspecified atom stereocenters. The number of para-hydroxylation sites is 3. The molecule has 8 heteroatoms. The summed E-state index contributed by atoms with van der Waals surface area (Å²) in [6.45, 7) is 1.64. The molecular formula is C32H35N3O5. The maximum Gasteiger partial charge on any atom is 0.328 e. The van der Waals surface area contributed by atoms with Gasteiger partial charge in [-0.1, -0.05) is 49.2 Å². The van der Waals surface area contributed by atoms with Gasteiger partial charge < -0.3 is 24.5 Å². The van der Waals surface area contributed by atoms with Gasteiger partial charge in [0.1, 0.15) is 23.9 Å². The molecule has 1 atom stereocenters. The quantitative estimate of drug-likeness (QED) is 0.129. The minimum atomic E-state index is -0.634. The second-order valence-corrected chi connectivity index (χ2v) is 10.1. The first-order chi connectivity index (χ1) is 19.6. The molecule has 0 spiro atoms. The van der Waals surface area contributed by atoms with E-state index < -0.39 is 6.04 Å². The Morgan fingerprint density at radius 2 is 1.75 bits per heavy atom. The number of nitrogens with zero attached hydrogens (tertiary/aromatic N) is 1. The molecule has 40 heavy (non-hydrogen) atoms. The van der Waals surface area contributed by atoms with Crippen molar-refractivity contribution in [1.29, 1.82) is 0 Å². The van der Waals surface area contributed by atoms with E-state index in [-0.39, 0.29) is 17.7 Å². The van der Waals surface area contributed by atoms with E-state index in [1.807, 2.05) is 72.8 Å². The predicted molar refractivity (Wildman–Crippen MR) is 154 cm³/mol. The van der Waals surface area contributed by atoms with E-state index in [2.05, 4.69) is 15.6 Å². The van der Waals surface area contributed by atoms with Crippen LogP contribution >= 0.6 is 0 Å². The number of hydrogen-bond acceptors (Lipinski definition) is 8. The van der Waals surface area contributed by atoms with Crippen LogP contribution in [0.25, 0.3) is 11.1 Å². The summed E-state index contributed by atoms with van der Waals surface area (Å²) in [4.78, 5) is 30.3. The number of hydrogen-bond donors (Lipinski definition) is 2. The molecule has 0 radical (unpaired) electrons. The van der Waals surface area contributed by atoms with Crippen LogP contribution in [0.5, 0.6) is 5.75 Å². The van der Waals surface area contributed by atoms with Crippen LogP contribution in [0.15, 0.2) is 77.2 Å². The lowest BCUT2D eigenvalue weighted by atomic mass is 9.94. The number of oxazole rings is 1. The van der Waals surface area contributed by atoms with Gasteiger partial charge in [-0.25, -0.2) is 9.78 Å². The Kier molecular flexibility index (Phi) is 9.08. The van der Waals surface area contributed by atoms with Crippen LogP contribution in [0.2, 0.25) is 0 Å². The molecule has 1 fully saturated rings. The lowest BCUT2D eigenvalue weighted by molar-refractivity contribution is -0.141. The molecule has 8 nitrogen and oxygen atoms in total. The van der Waals surface area contributed by atoms with E-state index in [1.54, 1.807) is 0 Å². The molecule has 1 aromatic heterocycles. The van der Waals surface area contributed by atoms with Gasteiger partial charge in [-0.15, -0.1) is 0 Å². The maximum absolute atomic E-state index is 13.1. The summed E-state index contributed by atoms with van der Waals surface area (Å²) in [6.07, 6.45) is 4.44. The number of anilines is 1. The highest BCUT2D eigenvalue weighted by molar-refractivity contribution is 6.03. The second kappa shape index (κ2) is 13.3. The van der Waals surface area contributed by atoms with Crippen molar-refractivity contribution in [3.63, 3.8) is 0 Å². The Hall–Kier alpha value is -4.17. The van der Waals surface area contributed by atoms with Gasteiger partial charge in [0.25, 0.3) is 0 Å². The molecule has 3 aromatic carbocycles. The standard InChI is InChI=1S/C32H35N3O5/c1-38-32(37)28(34-26-11-5-4-10-25(26)31(36)23-8-2-3-9-23)20-22-14-16-24(17-15-22)39-19-18-33-21-30-35-27-12-6-7-13-29(27)40-30/h4-7,10-17,23,28,33-34H,2-3,8-9,18-21H2,1H3. The van der Waals surface area contributed by atoms with Crippen LogP contribution < -0.4 is 15.4 Å². The van der Waals surface area contributed by atoms with Crippen molar-refractivity contribution in [2.45, 2.75) is 44.7 Å². The number of rotatable bonds is 13. The number of methoxy groups -OCH3 is 1. The Morgan fingerprint density at radius 3 is 2.52 bits per heavy atom. The molecule has 0 amide bonds. The van der Waals surface area contributed by atoms with Crippen molar-refractivity contribution >= 4 is 28.5 Å². The summed E-state index contributed by atoms with van der Waals surface area (Å²) < 4.78 is 16.6. The van der Waals surface area contributed by atoms with E-state index in [1.165, 1.54) is 7.11 Å². The van der Waals surface area contributed by atoms with Gasteiger partial charge in [0.05, 0.1) is 13.7 Å². The third-order valence-electron chi connectivity index (χ3n) is 7.26. The van der Waals surface area contributed by atoms with Gasteiger partial charge in [-0.2, -0.15) is 0 Å². The number of carbonyl (C=O) groups excluding carboxylic acids is 2. The Balaban J connectivity index is 1.13. The monoisotopic (exact) mass is 541 g/mol. The number of carbonyl (C=O) groups is 2. The van der Waals surface area contributed by atoms with Crippen LogP contribution in [0.3, 0.4) is 0 Å². The fourth-order valence-corrected chi connectivity index (χ4v) is 5.14. The molecule has 1 aliphatic rings. The van der Waals surface area contributed by atoms with Crippen molar-refractivity contribution in [2.24, 2.45) is 5.92 Å². The third-order valence-corrected chi connectivity index (χ3v) is 7.26. The topological polar surface area (TPSA) is 103 Å². The Morgan fingerprint density at radius 1 is 1.00 bits per heavy atom. The normalized spacial score (nSPS) is 14.2. The van der Waals surface area contributed by atoms with E-state index in [9.17, 15) is 9.59 Å². The fourth-order valence-electron chi connectivity index (χ4n) is 5.14. The highest BCUT2D eigenvalue weighted by atomic mass is 16.5. The van der Waals surface area contributed by atoms with Crippen molar-refractivity contribution in [3.05, 3.63) is 89.8 Å². The molecule has 0 saturated heterocycles. The highest BCUT2D eigenvalue weighted by Gasteiger charge is 2.27. The zero-order valence-electron chi connectivity index (χ0n) is 22.7. The highest BCUT2D eigenvalue weighted by Crippen LogP contribution is 2.31. The van der Waals surface area contributed by atoms with Crippen molar-refractivity contribution in [2.75, 3.05) is 25.6 Å². The average Bonchev–Trinajstić information content (AvgIpc) is 3.67. The number of nitrogens with one attached hydrogen (secondary N) is 2. The molecule has 2 N–H and O–H groups in total. The van der Waals surface area contributed by atoms with Gasteiger partial charge in [0, 0.05) is 30.1 Å². The summed E-state index contributed by atoms with van der Waals surface area (Å²) in [5.41, 5.74) is 3.88. The van der Waals surface area contributed by atoms with E-state index >= 15 is 0 Å². The summed E-state index contributed by atoms with van der Waals surface area (Å²) in [7, 11) is 1.38. The lowest BCUT2D eigenvalue weighted by Gasteiger charge is -2.21. The molecule has 1 saturated carbocycles. The third kappa shape index (κ3) is 6.87.